The monoisotopic (exact) mass is 219 g/mol. The summed E-state index contributed by atoms with van der Waals surface area (Å²) in [6, 6.07) is 2.12. The van der Waals surface area contributed by atoms with Gasteiger partial charge in [0, 0.05) is 23.9 Å². The number of rotatable bonds is 3. The van der Waals surface area contributed by atoms with Crippen LogP contribution >= 0.6 is 0 Å². The largest absolute Gasteiger partial charge is 0.316 e. The molecule has 1 aliphatic heterocycles. The third-order valence-corrected chi connectivity index (χ3v) is 2.97. The minimum absolute atomic E-state index is 0.519. The summed E-state index contributed by atoms with van der Waals surface area (Å²) in [5, 5.41) is 3.37. The second-order valence-corrected chi connectivity index (χ2v) is 5.15. The Balaban J connectivity index is 2.20. The summed E-state index contributed by atoms with van der Waals surface area (Å²) in [6.45, 7) is 8.66. The molecule has 0 aromatic carbocycles. The van der Waals surface area contributed by atoms with Gasteiger partial charge < -0.3 is 5.32 Å². The van der Waals surface area contributed by atoms with Gasteiger partial charge in [-0.25, -0.2) is 9.97 Å². The number of nitrogens with zero attached hydrogens (tertiary/aromatic N) is 2. The predicted molar refractivity (Wildman–Crippen MR) is 65.5 cm³/mol. The molecule has 3 heteroatoms. The maximum absolute atomic E-state index is 4.70. The molecule has 1 atom stereocenters. The van der Waals surface area contributed by atoms with Crippen LogP contribution < -0.4 is 5.32 Å². The van der Waals surface area contributed by atoms with Crippen molar-refractivity contribution in [3.63, 3.8) is 0 Å². The number of nitrogens with one attached hydrogen (secondary N) is 1. The lowest BCUT2D eigenvalue weighted by Gasteiger charge is -2.11. The van der Waals surface area contributed by atoms with Crippen molar-refractivity contribution in [3.05, 3.63) is 23.3 Å². The molecule has 1 fully saturated rings. The maximum Gasteiger partial charge on any atom is 0.133 e. The van der Waals surface area contributed by atoms with E-state index in [0.717, 1.165) is 31.0 Å². The van der Waals surface area contributed by atoms with Crippen LogP contribution in [0.4, 0.5) is 0 Å². The first-order valence-electron chi connectivity index (χ1n) is 6.20. The van der Waals surface area contributed by atoms with E-state index in [0.29, 0.717) is 11.8 Å². The Morgan fingerprint density at radius 2 is 2.25 bits per heavy atom. The van der Waals surface area contributed by atoms with E-state index < -0.39 is 0 Å². The highest BCUT2D eigenvalue weighted by Crippen LogP contribution is 2.20. The van der Waals surface area contributed by atoms with E-state index >= 15 is 0 Å². The molecule has 1 saturated heterocycles. The van der Waals surface area contributed by atoms with Gasteiger partial charge in [0.05, 0.1) is 0 Å². The maximum atomic E-state index is 4.70. The fourth-order valence-corrected chi connectivity index (χ4v) is 2.24. The van der Waals surface area contributed by atoms with Gasteiger partial charge in [-0.15, -0.1) is 0 Å². The van der Waals surface area contributed by atoms with E-state index in [1.165, 1.54) is 12.1 Å². The molecule has 0 spiro atoms. The van der Waals surface area contributed by atoms with Crippen molar-refractivity contribution in [3.8, 4) is 0 Å². The zero-order valence-corrected chi connectivity index (χ0v) is 10.5. The number of hydrogen-bond donors (Lipinski definition) is 1. The predicted octanol–water partition coefficient (Wildman–Crippen LogP) is 2.06. The molecule has 1 aliphatic rings. The summed E-state index contributed by atoms with van der Waals surface area (Å²) < 4.78 is 0. The molecule has 1 aromatic rings. The molecule has 88 valence electrons. The average Bonchev–Trinajstić information content (AvgIpc) is 2.67. The standard InChI is InChI=1S/C13H21N3/c1-9(2)6-12-7-10(3)15-13(16-12)11-4-5-14-8-11/h7,9,11,14H,4-6,8H2,1-3H3. The summed E-state index contributed by atoms with van der Waals surface area (Å²) in [4.78, 5) is 9.28. The van der Waals surface area contributed by atoms with E-state index in [4.69, 9.17) is 4.98 Å². The van der Waals surface area contributed by atoms with Gasteiger partial charge in [-0.05, 0) is 38.3 Å². The smallest absolute Gasteiger partial charge is 0.133 e. The van der Waals surface area contributed by atoms with Crippen molar-refractivity contribution >= 4 is 0 Å². The van der Waals surface area contributed by atoms with Gasteiger partial charge in [-0.3, -0.25) is 0 Å². The first kappa shape index (κ1) is 11.5. The summed E-state index contributed by atoms with van der Waals surface area (Å²) in [5.41, 5.74) is 2.30. The fraction of sp³-hybridized carbons (Fsp3) is 0.692. The molecule has 1 unspecified atom stereocenters. The highest BCUT2D eigenvalue weighted by molar-refractivity contribution is 5.13. The Morgan fingerprint density at radius 3 is 2.88 bits per heavy atom. The lowest BCUT2D eigenvalue weighted by molar-refractivity contribution is 0.618. The molecular formula is C13H21N3. The molecule has 16 heavy (non-hydrogen) atoms. The van der Waals surface area contributed by atoms with E-state index in [2.05, 4.69) is 37.1 Å². The van der Waals surface area contributed by atoms with Crippen LogP contribution in [-0.4, -0.2) is 23.1 Å². The highest BCUT2D eigenvalue weighted by atomic mass is 15.0. The zero-order chi connectivity index (χ0) is 11.5. The van der Waals surface area contributed by atoms with Crippen molar-refractivity contribution in [1.82, 2.24) is 15.3 Å². The first-order chi connectivity index (χ1) is 7.65. The second-order valence-electron chi connectivity index (χ2n) is 5.15. The van der Waals surface area contributed by atoms with Crippen molar-refractivity contribution in [2.75, 3.05) is 13.1 Å². The molecule has 1 N–H and O–H groups in total. The molecule has 1 aromatic heterocycles. The van der Waals surface area contributed by atoms with Crippen LogP contribution in [-0.2, 0) is 6.42 Å². The van der Waals surface area contributed by atoms with Crippen molar-refractivity contribution in [2.24, 2.45) is 5.92 Å². The normalized spacial score (nSPS) is 20.6. The Labute approximate surface area is 97.7 Å². The summed E-state index contributed by atoms with van der Waals surface area (Å²) in [7, 11) is 0. The third-order valence-electron chi connectivity index (χ3n) is 2.97. The number of aromatic nitrogens is 2. The minimum atomic E-state index is 0.519. The van der Waals surface area contributed by atoms with Crippen molar-refractivity contribution in [2.45, 2.75) is 39.5 Å². The molecule has 2 heterocycles. The summed E-state index contributed by atoms with van der Waals surface area (Å²) in [5.74, 6) is 2.22. The Bertz CT molecular complexity index is 354. The number of aryl methyl sites for hydroxylation is 1. The lowest BCUT2D eigenvalue weighted by Crippen LogP contribution is -2.12. The van der Waals surface area contributed by atoms with E-state index in [-0.39, 0.29) is 0 Å². The van der Waals surface area contributed by atoms with Crippen LogP contribution in [0.5, 0.6) is 0 Å². The highest BCUT2D eigenvalue weighted by Gasteiger charge is 2.20. The van der Waals surface area contributed by atoms with Gasteiger partial charge in [-0.1, -0.05) is 13.8 Å². The van der Waals surface area contributed by atoms with Crippen molar-refractivity contribution < 1.29 is 0 Å². The minimum Gasteiger partial charge on any atom is -0.316 e. The topological polar surface area (TPSA) is 37.8 Å². The van der Waals surface area contributed by atoms with Gasteiger partial charge >= 0.3 is 0 Å². The van der Waals surface area contributed by atoms with Gasteiger partial charge in [0.25, 0.3) is 0 Å². The van der Waals surface area contributed by atoms with Crippen LogP contribution in [0.3, 0.4) is 0 Å². The van der Waals surface area contributed by atoms with E-state index in [1.54, 1.807) is 0 Å². The Hall–Kier alpha value is -0.960. The molecule has 0 amide bonds. The van der Waals surface area contributed by atoms with Gasteiger partial charge in [-0.2, -0.15) is 0 Å². The molecule has 2 rings (SSSR count). The van der Waals surface area contributed by atoms with Crippen molar-refractivity contribution in [1.29, 1.82) is 0 Å². The SMILES string of the molecule is Cc1cc(CC(C)C)nc(C2CCNC2)n1. The van der Waals surface area contributed by atoms with E-state index in [1.807, 2.05) is 0 Å². The fourth-order valence-electron chi connectivity index (χ4n) is 2.24. The molecule has 0 radical (unpaired) electrons. The van der Waals surface area contributed by atoms with Crippen LogP contribution in [0.1, 0.15) is 43.4 Å². The summed E-state index contributed by atoms with van der Waals surface area (Å²) >= 11 is 0. The summed E-state index contributed by atoms with van der Waals surface area (Å²) in [6.07, 6.45) is 2.22. The molecule has 0 bridgehead atoms. The molecule has 0 saturated carbocycles. The van der Waals surface area contributed by atoms with Crippen LogP contribution in [0.15, 0.2) is 6.07 Å². The van der Waals surface area contributed by atoms with Crippen LogP contribution in [0.2, 0.25) is 0 Å². The molecular weight excluding hydrogens is 198 g/mol. The average molecular weight is 219 g/mol. The van der Waals surface area contributed by atoms with Gasteiger partial charge in [0.15, 0.2) is 0 Å². The second kappa shape index (κ2) is 4.91. The molecule has 3 nitrogen and oxygen atoms in total. The molecule has 0 aliphatic carbocycles. The van der Waals surface area contributed by atoms with Crippen LogP contribution in [0.25, 0.3) is 0 Å². The van der Waals surface area contributed by atoms with Gasteiger partial charge in [0.2, 0.25) is 0 Å². The quantitative estimate of drug-likeness (QED) is 0.845. The van der Waals surface area contributed by atoms with E-state index in [9.17, 15) is 0 Å². The Morgan fingerprint density at radius 1 is 1.44 bits per heavy atom. The third kappa shape index (κ3) is 2.79. The van der Waals surface area contributed by atoms with Gasteiger partial charge in [0.1, 0.15) is 5.82 Å². The number of hydrogen-bond acceptors (Lipinski definition) is 3. The first-order valence-corrected chi connectivity index (χ1v) is 6.20. The zero-order valence-electron chi connectivity index (χ0n) is 10.5. The van der Waals surface area contributed by atoms with Crippen LogP contribution in [0, 0.1) is 12.8 Å². The Kier molecular flexibility index (Phi) is 3.54. The lowest BCUT2D eigenvalue weighted by atomic mass is 10.1.